The summed E-state index contributed by atoms with van der Waals surface area (Å²) in [4.78, 5) is 3.96. The van der Waals surface area contributed by atoms with Gasteiger partial charge in [-0.3, -0.25) is 0 Å². The number of aryl methyl sites for hydroxylation is 2. The van der Waals surface area contributed by atoms with Crippen LogP contribution in [0.1, 0.15) is 29.5 Å². The predicted octanol–water partition coefficient (Wildman–Crippen LogP) is 4.19. The highest BCUT2D eigenvalue weighted by molar-refractivity contribution is 6.29. The van der Waals surface area contributed by atoms with Gasteiger partial charge < -0.3 is 4.74 Å². The standard InChI is InChI=1S/C16H16ClNO/c17-16-9-12(7-8-18-16)11-19-15-6-5-13-3-1-2-4-14(13)10-15/h5-10H,1-4,11H2. The van der Waals surface area contributed by atoms with Gasteiger partial charge in [-0.15, -0.1) is 0 Å². The Labute approximate surface area is 118 Å². The average molecular weight is 274 g/mol. The molecule has 0 amide bonds. The van der Waals surface area contributed by atoms with Crippen molar-refractivity contribution in [1.29, 1.82) is 0 Å². The average Bonchev–Trinajstić information content (AvgIpc) is 2.45. The van der Waals surface area contributed by atoms with E-state index in [-0.39, 0.29) is 0 Å². The molecule has 0 N–H and O–H groups in total. The first-order valence-electron chi connectivity index (χ1n) is 6.66. The molecule has 0 saturated carbocycles. The first-order valence-corrected chi connectivity index (χ1v) is 7.04. The predicted molar refractivity (Wildman–Crippen MR) is 76.7 cm³/mol. The molecule has 0 fully saturated rings. The molecule has 1 aromatic heterocycles. The molecule has 19 heavy (non-hydrogen) atoms. The minimum atomic E-state index is 0.506. The van der Waals surface area contributed by atoms with Crippen molar-refractivity contribution in [2.75, 3.05) is 0 Å². The molecule has 2 aromatic rings. The third kappa shape index (κ3) is 3.07. The Hall–Kier alpha value is -1.54. The Morgan fingerprint density at radius 2 is 1.89 bits per heavy atom. The van der Waals surface area contributed by atoms with Gasteiger partial charge in [0.2, 0.25) is 0 Å². The van der Waals surface area contributed by atoms with Gasteiger partial charge in [0.05, 0.1) is 0 Å². The van der Waals surface area contributed by atoms with Crippen LogP contribution in [0.4, 0.5) is 0 Å². The summed E-state index contributed by atoms with van der Waals surface area (Å²) < 4.78 is 5.83. The maximum absolute atomic E-state index is 5.85. The summed E-state index contributed by atoms with van der Waals surface area (Å²) >= 11 is 5.85. The van der Waals surface area contributed by atoms with Crippen LogP contribution in [-0.4, -0.2) is 4.98 Å². The van der Waals surface area contributed by atoms with Gasteiger partial charge in [0.1, 0.15) is 17.5 Å². The molecule has 3 rings (SSSR count). The quantitative estimate of drug-likeness (QED) is 0.782. The van der Waals surface area contributed by atoms with Crippen LogP contribution in [0.2, 0.25) is 5.15 Å². The normalized spacial score (nSPS) is 13.9. The molecule has 3 heteroatoms. The number of nitrogens with zero attached hydrogens (tertiary/aromatic N) is 1. The molecule has 0 saturated heterocycles. The highest BCUT2D eigenvalue weighted by Gasteiger charge is 2.09. The Kier molecular flexibility index (Phi) is 3.69. The molecule has 1 aliphatic rings. The number of pyridine rings is 1. The topological polar surface area (TPSA) is 22.1 Å². The molecule has 0 aliphatic heterocycles. The highest BCUT2D eigenvalue weighted by Crippen LogP contribution is 2.25. The van der Waals surface area contributed by atoms with Crippen molar-refractivity contribution in [1.82, 2.24) is 4.98 Å². The van der Waals surface area contributed by atoms with Crippen LogP contribution in [0.3, 0.4) is 0 Å². The number of hydrogen-bond acceptors (Lipinski definition) is 2. The molecule has 0 atom stereocenters. The van der Waals surface area contributed by atoms with E-state index < -0.39 is 0 Å². The smallest absolute Gasteiger partial charge is 0.129 e. The van der Waals surface area contributed by atoms with Crippen LogP contribution in [0, 0.1) is 0 Å². The number of rotatable bonds is 3. The van der Waals surface area contributed by atoms with E-state index in [9.17, 15) is 0 Å². The summed E-state index contributed by atoms with van der Waals surface area (Å²) in [6.45, 7) is 0.529. The van der Waals surface area contributed by atoms with Gasteiger partial charge in [0.25, 0.3) is 0 Å². The number of halogens is 1. The van der Waals surface area contributed by atoms with E-state index in [1.807, 2.05) is 12.1 Å². The van der Waals surface area contributed by atoms with Crippen molar-refractivity contribution in [3.05, 3.63) is 58.4 Å². The second-order valence-electron chi connectivity index (χ2n) is 4.91. The van der Waals surface area contributed by atoms with Crippen LogP contribution >= 0.6 is 11.6 Å². The molecule has 2 nitrogen and oxygen atoms in total. The summed E-state index contributed by atoms with van der Waals surface area (Å²) in [5, 5.41) is 0.506. The fraction of sp³-hybridized carbons (Fsp3) is 0.312. The van der Waals surface area contributed by atoms with Gasteiger partial charge in [0, 0.05) is 6.20 Å². The summed E-state index contributed by atoms with van der Waals surface area (Å²) in [5.74, 6) is 0.939. The van der Waals surface area contributed by atoms with E-state index in [1.165, 1.54) is 36.8 Å². The van der Waals surface area contributed by atoms with Crippen molar-refractivity contribution in [2.45, 2.75) is 32.3 Å². The summed E-state index contributed by atoms with van der Waals surface area (Å²) in [7, 11) is 0. The lowest BCUT2D eigenvalue weighted by Crippen LogP contribution is -2.03. The van der Waals surface area contributed by atoms with Crippen LogP contribution in [-0.2, 0) is 19.4 Å². The van der Waals surface area contributed by atoms with E-state index in [4.69, 9.17) is 16.3 Å². The number of fused-ring (bicyclic) bond motifs is 1. The largest absolute Gasteiger partial charge is 0.489 e. The second-order valence-corrected chi connectivity index (χ2v) is 5.30. The minimum absolute atomic E-state index is 0.506. The molecular weight excluding hydrogens is 258 g/mol. The molecular formula is C16H16ClNO. The zero-order valence-corrected chi connectivity index (χ0v) is 11.5. The molecule has 0 radical (unpaired) electrons. The monoisotopic (exact) mass is 273 g/mol. The van der Waals surface area contributed by atoms with Crippen molar-refractivity contribution in [2.24, 2.45) is 0 Å². The van der Waals surface area contributed by atoms with Crippen LogP contribution < -0.4 is 4.74 Å². The molecule has 1 aliphatic carbocycles. The Bertz CT molecular complexity index is 583. The fourth-order valence-electron chi connectivity index (χ4n) is 2.50. The second kappa shape index (κ2) is 5.62. The van der Waals surface area contributed by atoms with Gasteiger partial charge in [-0.05, 0) is 66.6 Å². The van der Waals surface area contributed by atoms with Crippen molar-refractivity contribution in [3.8, 4) is 5.75 Å². The van der Waals surface area contributed by atoms with Crippen molar-refractivity contribution >= 4 is 11.6 Å². The van der Waals surface area contributed by atoms with Gasteiger partial charge >= 0.3 is 0 Å². The van der Waals surface area contributed by atoms with E-state index in [0.29, 0.717) is 11.8 Å². The summed E-state index contributed by atoms with van der Waals surface area (Å²) in [6, 6.07) is 10.2. The van der Waals surface area contributed by atoms with Crippen LogP contribution in [0.15, 0.2) is 36.5 Å². The third-order valence-electron chi connectivity index (χ3n) is 3.52. The molecule has 0 unspecified atom stereocenters. The Morgan fingerprint density at radius 3 is 2.74 bits per heavy atom. The minimum Gasteiger partial charge on any atom is -0.489 e. The SMILES string of the molecule is Clc1cc(COc2ccc3c(c2)CCCC3)ccn1. The lowest BCUT2D eigenvalue weighted by Gasteiger charge is -2.16. The number of hydrogen-bond donors (Lipinski definition) is 0. The van der Waals surface area contributed by atoms with Gasteiger partial charge in [0.15, 0.2) is 0 Å². The number of aromatic nitrogens is 1. The van der Waals surface area contributed by atoms with Gasteiger partial charge in [-0.2, -0.15) is 0 Å². The van der Waals surface area contributed by atoms with E-state index in [1.54, 1.807) is 6.20 Å². The molecule has 98 valence electrons. The van der Waals surface area contributed by atoms with Crippen LogP contribution in [0.25, 0.3) is 0 Å². The zero-order chi connectivity index (χ0) is 13.1. The summed E-state index contributed by atoms with van der Waals surface area (Å²) in [6.07, 6.45) is 6.68. The molecule has 0 spiro atoms. The first kappa shape index (κ1) is 12.5. The van der Waals surface area contributed by atoms with Gasteiger partial charge in [-0.1, -0.05) is 17.7 Å². The Morgan fingerprint density at radius 1 is 1.05 bits per heavy atom. The number of benzene rings is 1. The third-order valence-corrected chi connectivity index (χ3v) is 3.72. The lowest BCUT2D eigenvalue weighted by atomic mass is 9.92. The zero-order valence-electron chi connectivity index (χ0n) is 10.7. The fourth-order valence-corrected chi connectivity index (χ4v) is 2.70. The van der Waals surface area contributed by atoms with E-state index in [0.717, 1.165) is 11.3 Å². The summed E-state index contributed by atoms with van der Waals surface area (Å²) in [5.41, 5.74) is 3.96. The molecule has 1 aromatic carbocycles. The van der Waals surface area contributed by atoms with E-state index in [2.05, 4.69) is 23.2 Å². The number of ether oxygens (including phenoxy) is 1. The van der Waals surface area contributed by atoms with Crippen LogP contribution in [0.5, 0.6) is 5.75 Å². The van der Waals surface area contributed by atoms with E-state index >= 15 is 0 Å². The van der Waals surface area contributed by atoms with Crippen molar-refractivity contribution in [3.63, 3.8) is 0 Å². The lowest BCUT2D eigenvalue weighted by molar-refractivity contribution is 0.305. The highest BCUT2D eigenvalue weighted by atomic mass is 35.5. The maximum atomic E-state index is 5.85. The molecule has 1 heterocycles. The molecule has 0 bridgehead atoms. The van der Waals surface area contributed by atoms with Crippen molar-refractivity contribution < 1.29 is 4.74 Å². The van der Waals surface area contributed by atoms with Gasteiger partial charge in [-0.25, -0.2) is 4.98 Å². The maximum Gasteiger partial charge on any atom is 0.129 e. The first-order chi connectivity index (χ1) is 9.31. The Balaban J connectivity index is 1.70.